The largest absolute Gasteiger partial charge is 0.508 e. The number of carbonyl (C=O) groups excluding carboxylic acids is 2. The monoisotopic (exact) mass is 383 g/mol. The molecule has 0 spiro atoms. The average molecular weight is 383 g/mol. The molecule has 2 aromatic rings. The second-order valence-electron chi connectivity index (χ2n) is 6.27. The summed E-state index contributed by atoms with van der Waals surface area (Å²) in [6.07, 6.45) is 0. The Kier molecular flexibility index (Phi) is 5.65. The Bertz CT molecular complexity index is 901. The van der Waals surface area contributed by atoms with Crippen molar-refractivity contribution in [1.29, 1.82) is 0 Å². The number of phenols is 1. The lowest BCUT2D eigenvalue weighted by Crippen LogP contribution is -2.32. The van der Waals surface area contributed by atoms with E-state index in [0.717, 1.165) is 0 Å². The Balaban J connectivity index is 2.10. The molecule has 7 nitrogen and oxygen atoms in total. The molecule has 0 radical (unpaired) electrons. The summed E-state index contributed by atoms with van der Waals surface area (Å²) in [6, 6.07) is 11.7. The number of aliphatic hydroxyl groups excluding tert-OH is 2. The first kappa shape index (κ1) is 19.4. The second-order valence-corrected chi connectivity index (χ2v) is 6.27. The minimum absolute atomic E-state index is 0.0365. The van der Waals surface area contributed by atoms with Gasteiger partial charge in [0.15, 0.2) is 0 Å². The van der Waals surface area contributed by atoms with Crippen molar-refractivity contribution in [2.45, 2.75) is 13.0 Å². The first-order chi connectivity index (χ1) is 13.5. The molecule has 0 aliphatic carbocycles. The number of nitrogens with zero attached hydrogens (tertiary/aromatic N) is 1. The molecular formula is C21H21NO6. The molecule has 1 atom stereocenters. The number of β-amino-alcohol motifs (C(OH)–C–C–N with tert-alkyl or cyclic N) is 1. The highest BCUT2D eigenvalue weighted by atomic mass is 16.5. The van der Waals surface area contributed by atoms with Crippen molar-refractivity contribution < 1.29 is 29.6 Å². The van der Waals surface area contributed by atoms with E-state index in [-0.39, 0.29) is 30.2 Å². The number of ketones is 1. The van der Waals surface area contributed by atoms with Gasteiger partial charge in [-0.3, -0.25) is 9.59 Å². The minimum atomic E-state index is -0.862. The van der Waals surface area contributed by atoms with Crippen LogP contribution < -0.4 is 4.74 Å². The molecule has 28 heavy (non-hydrogen) atoms. The summed E-state index contributed by atoms with van der Waals surface area (Å²) in [5, 5.41) is 29.7. The maximum atomic E-state index is 12.7. The highest BCUT2D eigenvalue weighted by molar-refractivity contribution is 6.46. The van der Waals surface area contributed by atoms with E-state index in [0.29, 0.717) is 23.5 Å². The minimum Gasteiger partial charge on any atom is -0.508 e. The maximum absolute atomic E-state index is 12.7. The zero-order chi connectivity index (χ0) is 20.3. The number of aliphatic hydroxyl groups is 2. The topological polar surface area (TPSA) is 107 Å². The van der Waals surface area contributed by atoms with Crippen LogP contribution in [0, 0.1) is 0 Å². The van der Waals surface area contributed by atoms with Gasteiger partial charge in [0.1, 0.15) is 17.3 Å². The lowest BCUT2D eigenvalue weighted by Gasteiger charge is -2.24. The fourth-order valence-electron chi connectivity index (χ4n) is 3.25. The average Bonchev–Trinajstić information content (AvgIpc) is 2.94. The Hall–Kier alpha value is -3.32. The van der Waals surface area contributed by atoms with E-state index in [1.54, 1.807) is 36.4 Å². The molecule has 7 heteroatoms. The van der Waals surface area contributed by atoms with Crippen LogP contribution in [0.3, 0.4) is 0 Å². The molecule has 1 fully saturated rings. The van der Waals surface area contributed by atoms with Crippen LogP contribution in [0.4, 0.5) is 0 Å². The summed E-state index contributed by atoms with van der Waals surface area (Å²) in [4.78, 5) is 26.4. The smallest absolute Gasteiger partial charge is 0.295 e. The fourth-order valence-corrected chi connectivity index (χ4v) is 3.25. The standard InChI is InChI=1S/C21H21NO6/c1-2-28-16-9-5-14(6-10-16)19(25)17-18(13-3-7-15(24)8-4-13)22(11-12-23)21(27)20(17)26/h3-10,18,23-25H,2,11-12H2,1H3/t18-/m0/s1. The quantitative estimate of drug-likeness (QED) is 0.401. The number of likely N-dealkylation sites (tertiary alicyclic amines) is 1. The van der Waals surface area contributed by atoms with Crippen molar-refractivity contribution in [1.82, 2.24) is 4.90 Å². The number of amides is 1. The molecule has 2 aromatic carbocycles. The third-order valence-corrected chi connectivity index (χ3v) is 4.53. The van der Waals surface area contributed by atoms with Crippen molar-refractivity contribution in [2.75, 3.05) is 19.8 Å². The molecule has 1 saturated heterocycles. The van der Waals surface area contributed by atoms with Crippen molar-refractivity contribution in [3.63, 3.8) is 0 Å². The van der Waals surface area contributed by atoms with E-state index >= 15 is 0 Å². The Labute approximate surface area is 162 Å². The lowest BCUT2D eigenvalue weighted by atomic mass is 9.95. The second kappa shape index (κ2) is 8.14. The van der Waals surface area contributed by atoms with Gasteiger partial charge in [-0.15, -0.1) is 0 Å². The number of phenolic OH excluding ortho intramolecular Hbond substituents is 1. The van der Waals surface area contributed by atoms with E-state index < -0.39 is 17.7 Å². The van der Waals surface area contributed by atoms with E-state index in [9.17, 15) is 24.9 Å². The van der Waals surface area contributed by atoms with Gasteiger partial charge in [-0.25, -0.2) is 0 Å². The number of rotatable bonds is 6. The number of aromatic hydroxyl groups is 1. The van der Waals surface area contributed by atoms with Gasteiger partial charge in [0.05, 0.1) is 24.8 Å². The Morgan fingerprint density at radius 2 is 1.71 bits per heavy atom. The van der Waals surface area contributed by atoms with Gasteiger partial charge in [-0.05, 0) is 48.9 Å². The predicted octanol–water partition coefficient (Wildman–Crippen LogP) is 2.20. The van der Waals surface area contributed by atoms with Crippen LogP contribution in [0.5, 0.6) is 11.5 Å². The molecule has 0 bridgehead atoms. The molecule has 1 aliphatic rings. The van der Waals surface area contributed by atoms with E-state index in [1.807, 2.05) is 6.92 Å². The molecule has 0 unspecified atom stereocenters. The third kappa shape index (κ3) is 3.57. The van der Waals surface area contributed by atoms with Gasteiger partial charge >= 0.3 is 0 Å². The fraction of sp³-hybridized carbons (Fsp3) is 0.238. The number of hydrogen-bond acceptors (Lipinski definition) is 6. The molecule has 1 aliphatic heterocycles. The van der Waals surface area contributed by atoms with Crippen LogP contribution in [0.1, 0.15) is 24.1 Å². The number of hydrogen-bond donors (Lipinski definition) is 3. The van der Waals surface area contributed by atoms with Crippen molar-refractivity contribution >= 4 is 17.4 Å². The predicted molar refractivity (Wildman–Crippen MR) is 102 cm³/mol. The zero-order valence-corrected chi connectivity index (χ0v) is 15.3. The number of benzene rings is 2. The number of Topliss-reactive ketones (excluding diaryl/α,β-unsaturated/α-hetero) is 1. The maximum Gasteiger partial charge on any atom is 0.295 e. The Morgan fingerprint density at radius 3 is 2.29 bits per heavy atom. The van der Waals surface area contributed by atoms with Crippen LogP contribution in [-0.4, -0.2) is 51.7 Å². The molecule has 1 amide bonds. The first-order valence-corrected chi connectivity index (χ1v) is 8.89. The summed E-state index contributed by atoms with van der Waals surface area (Å²) < 4.78 is 5.38. The summed E-state index contributed by atoms with van der Waals surface area (Å²) in [6.45, 7) is 1.97. The summed E-state index contributed by atoms with van der Waals surface area (Å²) in [7, 11) is 0. The zero-order valence-electron chi connectivity index (χ0n) is 15.3. The van der Waals surface area contributed by atoms with Crippen LogP contribution in [0.2, 0.25) is 0 Å². The van der Waals surface area contributed by atoms with Gasteiger partial charge in [-0.1, -0.05) is 12.1 Å². The van der Waals surface area contributed by atoms with Crippen LogP contribution in [0.25, 0.3) is 5.76 Å². The summed E-state index contributed by atoms with van der Waals surface area (Å²) >= 11 is 0. The number of carbonyl (C=O) groups is 2. The molecule has 3 N–H and O–H groups in total. The van der Waals surface area contributed by atoms with Gasteiger partial charge < -0.3 is 25.0 Å². The lowest BCUT2D eigenvalue weighted by molar-refractivity contribution is -0.140. The van der Waals surface area contributed by atoms with Crippen molar-refractivity contribution in [3.05, 3.63) is 65.2 Å². The SMILES string of the molecule is CCOc1ccc(C(O)=C2C(=O)C(=O)N(CCO)[C@H]2c2ccc(O)cc2)cc1. The molecule has 1 heterocycles. The normalized spacial score (nSPS) is 18.5. The van der Waals surface area contributed by atoms with E-state index in [4.69, 9.17) is 4.74 Å². The van der Waals surface area contributed by atoms with Crippen molar-refractivity contribution in [3.8, 4) is 11.5 Å². The molecule has 0 aromatic heterocycles. The van der Waals surface area contributed by atoms with E-state index in [2.05, 4.69) is 0 Å². The summed E-state index contributed by atoms with van der Waals surface area (Å²) in [5.74, 6) is -1.26. The van der Waals surface area contributed by atoms with E-state index in [1.165, 1.54) is 17.0 Å². The molecular weight excluding hydrogens is 362 g/mol. The Morgan fingerprint density at radius 1 is 1.07 bits per heavy atom. The van der Waals surface area contributed by atoms with Crippen LogP contribution in [-0.2, 0) is 9.59 Å². The highest BCUT2D eigenvalue weighted by Gasteiger charge is 2.45. The van der Waals surface area contributed by atoms with Crippen molar-refractivity contribution in [2.24, 2.45) is 0 Å². The van der Waals surface area contributed by atoms with Gasteiger partial charge in [0.25, 0.3) is 11.7 Å². The summed E-state index contributed by atoms with van der Waals surface area (Å²) in [5.41, 5.74) is 0.848. The molecule has 0 saturated carbocycles. The highest BCUT2D eigenvalue weighted by Crippen LogP contribution is 2.39. The molecule has 146 valence electrons. The molecule has 3 rings (SSSR count). The van der Waals surface area contributed by atoms with Gasteiger partial charge in [-0.2, -0.15) is 0 Å². The van der Waals surface area contributed by atoms with Gasteiger partial charge in [0.2, 0.25) is 0 Å². The number of ether oxygens (including phenoxy) is 1. The van der Waals surface area contributed by atoms with Crippen LogP contribution >= 0.6 is 0 Å². The van der Waals surface area contributed by atoms with Gasteiger partial charge in [0, 0.05) is 12.1 Å². The first-order valence-electron chi connectivity index (χ1n) is 8.89. The van der Waals surface area contributed by atoms with Crippen LogP contribution in [0.15, 0.2) is 54.1 Å². The third-order valence-electron chi connectivity index (χ3n) is 4.53.